The second-order valence-electron chi connectivity index (χ2n) is 6.15. The summed E-state index contributed by atoms with van der Waals surface area (Å²) < 4.78 is 17.3. The number of nitrogens with zero attached hydrogens (tertiary/aromatic N) is 1. The number of hydrogen-bond acceptors (Lipinski definition) is 5. The van der Waals surface area contributed by atoms with Gasteiger partial charge in [0.2, 0.25) is 0 Å². The number of hydrogen-bond donors (Lipinski definition) is 1. The molecule has 0 amide bonds. The van der Waals surface area contributed by atoms with Crippen LogP contribution in [0.1, 0.15) is 37.5 Å². The van der Waals surface area contributed by atoms with Gasteiger partial charge in [-0.05, 0) is 50.9 Å². The molecule has 1 atom stereocenters. The summed E-state index contributed by atoms with van der Waals surface area (Å²) in [4.78, 5) is 4.67. The molecule has 3 heterocycles. The molecule has 2 fully saturated rings. The fourth-order valence-corrected chi connectivity index (χ4v) is 3.22. The summed E-state index contributed by atoms with van der Waals surface area (Å²) in [6.45, 7) is 3.55. The van der Waals surface area contributed by atoms with Gasteiger partial charge in [0, 0.05) is 18.6 Å². The van der Waals surface area contributed by atoms with Crippen LogP contribution < -0.4 is 10.1 Å². The van der Waals surface area contributed by atoms with Gasteiger partial charge in [0.05, 0.1) is 6.10 Å². The number of ether oxygens (including phenoxy) is 2. The third kappa shape index (κ3) is 2.96. The molecule has 0 spiro atoms. The molecule has 22 heavy (non-hydrogen) atoms. The van der Waals surface area contributed by atoms with Crippen LogP contribution in [0, 0.1) is 0 Å². The highest BCUT2D eigenvalue weighted by molar-refractivity contribution is 5.74. The highest BCUT2D eigenvalue weighted by Crippen LogP contribution is 2.29. The molecule has 0 saturated carbocycles. The Morgan fingerprint density at radius 1 is 1.23 bits per heavy atom. The first-order valence-corrected chi connectivity index (χ1v) is 8.24. The number of nitrogens with one attached hydrogen (secondary N) is 1. The summed E-state index contributed by atoms with van der Waals surface area (Å²) in [6.07, 6.45) is 4.64. The van der Waals surface area contributed by atoms with Crippen molar-refractivity contribution >= 4 is 11.1 Å². The van der Waals surface area contributed by atoms with E-state index in [-0.39, 0.29) is 6.10 Å². The summed E-state index contributed by atoms with van der Waals surface area (Å²) in [5.74, 6) is 2.14. The SMILES string of the molecule is c1cc2oc(C3CCNCC3)nc2cc1OCC1CCCO1. The summed E-state index contributed by atoms with van der Waals surface area (Å²) >= 11 is 0. The van der Waals surface area contributed by atoms with Gasteiger partial charge in [-0.3, -0.25) is 0 Å². The van der Waals surface area contributed by atoms with E-state index in [0.29, 0.717) is 12.5 Å². The smallest absolute Gasteiger partial charge is 0.198 e. The number of aromatic nitrogens is 1. The Morgan fingerprint density at radius 3 is 2.95 bits per heavy atom. The van der Waals surface area contributed by atoms with Gasteiger partial charge in [-0.2, -0.15) is 0 Å². The first-order chi connectivity index (χ1) is 10.9. The lowest BCUT2D eigenvalue weighted by molar-refractivity contribution is 0.0680. The van der Waals surface area contributed by atoms with Crippen molar-refractivity contribution in [3.63, 3.8) is 0 Å². The summed E-state index contributed by atoms with van der Waals surface area (Å²) in [5.41, 5.74) is 1.73. The monoisotopic (exact) mass is 302 g/mol. The predicted octanol–water partition coefficient (Wildman–Crippen LogP) is 2.85. The van der Waals surface area contributed by atoms with Gasteiger partial charge in [0.15, 0.2) is 11.5 Å². The van der Waals surface area contributed by atoms with Crippen LogP contribution in [-0.4, -0.2) is 37.4 Å². The van der Waals surface area contributed by atoms with Crippen molar-refractivity contribution in [2.75, 3.05) is 26.3 Å². The number of rotatable bonds is 4. The molecule has 1 N–H and O–H groups in total. The molecule has 2 aromatic rings. The molecule has 2 saturated heterocycles. The highest BCUT2D eigenvalue weighted by Gasteiger charge is 2.21. The fraction of sp³-hybridized carbons (Fsp3) is 0.588. The minimum Gasteiger partial charge on any atom is -0.491 e. The largest absolute Gasteiger partial charge is 0.491 e. The van der Waals surface area contributed by atoms with Crippen LogP contribution in [0.15, 0.2) is 22.6 Å². The van der Waals surface area contributed by atoms with Crippen LogP contribution in [-0.2, 0) is 4.74 Å². The fourth-order valence-electron chi connectivity index (χ4n) is 3.22. The van der Waals surface area contributed by atoms with Crippen LogP contribution in [0.2, 0.25) is 0 Å². The Morgan fingerprint density at radius 2 is 2.14 bits per heavy atom. The Bertz CT molecular complexity index is 628. The van der Waals surface area contributed by atoms with Crippen LogP contribution in [0.25, 0.3) is 11.1 Å². The second-order valence-corrected chi connectivity index (χ2v) is 6.15. The average Bonchev–Trinajstić information content (AvgIpc) is 3.22. The quantitative estimate of drug-likeness (QED) is 0.941. The number of fused-ring (bicyclic) bond motifs is 1. The van der Waals surface area contributed by atoms with Crippen molar-refractivity contribution in [3.8, 4) is 5.75 Å². The van der Waals surface area contributed by atoms with E-state index in [0.717, 1.165) is 68.1 Å². The van der Waals surface area contributed by atoms with Gasteiger partial charge in [-0.15, -0.1) is 0 Å². The van der Waals surface area contributed by atoms with Crippen molar-refractivity contribution in [3.05, 3.63) is 24.1 Å². The van der Waals surface area contributed by atoms with Crippen LogP contribution in [0.3, 0.4) is 0 Å². The average molecular weight is 302 g/mol. The molecule has 5 nitrogen and oxygen atoms in total. The molecule has 0 aliphatic carbocycles. The van der Waals surface area contributed by atoms with Crippen molar-refractivity contribution in [1.29, 1.82) is 0 Å². The van der Waals surface area contributed by atoms with Crippen molar-refractivity contribution in [2.24, 2.45) is 0 Å². The van der Waals surface area contributed by atoms with E-state index in [2.05, 4.69) is 10.3 Å². The molecule has 0 radical (unpaired) electrons. The Labute approximate surface area is 130 Å². The van der Waals surface area contributed by atoms with E-state index in [9.17, 15) is 0 Å². The van der Waals surface area contributed by atoms with Crippen molar-refractivity contribution in [1.82, 2.24) is 10.3 Å². The van der Waals surface area contributed by atoms with E-state index in [4.69, 9.17) is 13.9 Å². The van der Waals surface area contributed by atoms with Gasteiger partial charge >= 0.3 is 0 Å². The molecule has 1 unspecified atom stereocenters. The molecular formula is C17H22N2O3. The van der Waals surface area contributed by atoms with Crippen LogP contribution >= 0.6 is 0 Å². The topological polar surface area (TPSA) is 56.5 Å². The number of oxazole rings is 1. The molecule has 4 rings (SSSR count). The molecule has 1 aromatic heterocycles. The van der Waals surface area contributed by atoms with E-state index in [1.54, 1.807) is 0 Å². The maximum atomic E-state index is 5.92. The first kappa shape index (κ1) is 14.0. The predicted molar refractivity (Wildman–Crippen MR) is 83.3 cm³/mol. The van der Waals surface area contributed by atoms with Gasteiger partial charge in [0.25, 0.3) is 0 Å². The zero-order valence-corrected chi connectivity index (χ0v) is 12.7. The minimum absolute atomic E-state index is 0.235. The number of benzene rings is 1. The lowest BCUT2D eigenvalue weighted by atomic mass is 9.98. The second kappa shape index (κ2) is 6.26. The Kier molecular flexibility index (Phi) is 3.99. The van der Waals surface area contributed by atoms with Crippen molar-refractivity contribution in [2.45, 2.75) is 37.7 Å². The summed E-state index contributed by atoms with van der Waals surface area (Å²) in [6, 6.07) is 5.88. The third-order valence-electron chi connectivity index (χ3n) is 4.52. The lowest BCUT2D eigenvalue weighted by Gasteiger charge is -2.19. The van der Waals surface area contributed by atoms with Gasteiger partial charge < -0.3 is 19.2 Å². The van der Waals surface area contributed by atoms with Crippen molar-refractivity contribution < 1.29 is 13.9 Å². The normalized spacial score (nSPS) is 23.2. The van der Waals surface area contributed by atoms with Gasteiger partial charge in [-0.1, -0.05) is 0 Å². The molecule has 2 aliphatic rings. The maximum absolute atomic E-state index is 5.92. The van der Waals surface area contributed by atoms with E-state index in [1.807, 2.05) is 18.2 Å². The summed E-state index contributed by atoms with van der Waals surface area (Å²) in [7, 11) is 0. The molecule has 0 bridgehead atoms. The molecule has 5 heteroatoms. The molecule has 118 valence electrons. The Balaban J connectivity index is 1.47. The van der Waals surface area contributed by atoms with Gasteiger partial charge in [-0.25, -0.2) is 4.98 Å². The van der Waals surface area contributed by atoms with E-state index < -0.39 is 0 Å². The maximum Gasteiger partial charge on any atom is 0.198 e. The number of piperidine rings is 1. The van der Waals surface area contributed by atoms with Crippen LogP contribution in [0.4, 0.5) is 0 Å². The Hall–Kier alpha value is -1.59. The summed E-state index contributed by atoms with van der Waals surface area (Å²) in [5, 5.41) is 3.37. The third-order valence-corrected chi connectivity index (χ3v) is 4.52. The van der Waals surface area contributed by atoms with Crippen LogP contribution in [0.5, 0.6) is 5.75 Å². The van der Waals surface area contributed by atoms with E-state index in [1.165, 1.54) is 0 Å². The van der Waals surface area contributed by atoms with E-state index >= 15 is 0 Å². The molecular weight excluding hydrogens is 280 g/mol. The zero-order valence-electron chi connectivity index (χ0n) is 12.7. The van der Waals surface area contributed by atoms with Gasteiger partial charge in [0.1, 0.15) is 17.9 Å². The highest BCUT2D eigenvalue weighted by atomic mass is 16.5. The standard InChI is InChI=1S/C17H22N2O3/c1-2-14(20-9-1)11-21-13-3-4-16-15(10-13)19-17(22-16)12-5-7-18-8-6-12/h3-4,10,12,14,18H,1-2,5-9,11H2. The minimum atomic E-state index is 0.235. The lowest BCUT2D eigenvalue weighted by Crippen LogP contribution is -2.26. The molecule has 1 aromatic carbocycles. The molecule has 2 aliphatic heterocycles. The zero-order chi connectivity index (χ0) is 14.8. The first-order valence-electron chi connectivity index (χ1n) is 8.24.